The van der Waals surface area contributed by atoms with E-state index in [-0.39, 0.29) is 4.90 Å². The van der Waals surface area contributed by atoms with Gasteiger partial charge in [-0.1, -0.05) is 24.8 Å². The second-order valence-electron chi connectivity index (χ2n) is 4.90. The molecule has 0 heterocycles. The van der Waals surface area contributed by atoms with Crippen LogP contribution in [0.2, 0.25) is 0 Å². The molecule has 0 atom stereocenters. The van der Waals surface area contributed by atoms with E-state index in [0.717, 1.165) is 11.1 Å². The number of sulfonamides is 1. The highest BCUT2D eigenvalue weighted by molar-refractivity contribution is 7.92. The number of hydrogen-bond donors (Lipinski definition) is 1. The number of ether oxygens (including phenoxy) is 2. The number of methoxy groups -OCH3 is 2. The molecule has 0 aliphatic rings. The van der Waals surface area contributed by atoms with E-state index >= 15 is 0 Å². The monoisotopic (exact) mass is 333 g/mol. The van der Waals surface area contributed by atoms with E-state index in [4.69, 9.17) is 9.47 Å². The second-order valence-corrected chi connectivity index (χ2v) is 6.58. The summed E-state index contributed by atoms with van der Waals surface area (Å²) in [5.74, 6) is 1.00. The van der Waals surface area contributed by atoms with Crippen molar-refractivity contribution in [2.24, 2.45) is 0 Å². The molecule has 23 heavy (non-hydrogen) atoms. The molecule has 0 amide bonds. The normalized spacial score (nSPS) is 10.9. The van der Waals surface area contributed by atoms with E-state index < -0.39 is 10.0 Å². The molecule has 0 bridgehead atoms. The lowest BCUT2D eigenvalue weighted by atomic mass is 10.2. The zero-order valence-corrected chi connectivity index (χ0v) is 14.1. The fraction of sp³-hybridized carbons (Fsp3) is 0.176. The standard InChI is InChI=1S/C17H19NO4S/c1-5-13-6-8-14(9-7-13)23(19,20)18-15-11-16(21-3)12(2)10-17(15)22-4/h5-11,18H,1H2,2-4H3. The summed E-state index contributed by atoms with van der Waals surface area (Å²) in [6, 6.07) is 9.75. The minimum absolute atomic E-state index is 0.157. The maximum absolute atomic E-state index is 12.5. The predicted molar refractivity (Wildman–Crippen MR) is 91.6 cm³/mol. The van der Waals surface area contributed by atoms with Crippen LogP contribution in [0.5, 0.6) is 11.5 Å². The average Bonchev–Trinajstić information content (AvgIpc) is 2.55. The smallest absolute Gasteiger partial charge is 0.262 e. The van der Waals surface area contributed by atoms with Gasteiger partial charge in [-0.15, -0.1) is 0 Å². The first-order valence-corrected chi connectivity index (χ1v) is 8.37. The third-order valence-corrected chi connectivity index (χ3v) is 4.77. The summed E-state index contributed by atoms with van der Waals surface area (Å²) in [4.78, 5) is 0.157. The van der Waals surface area contributed by atoms with Crippen LogP contribution in [0.25, 0.3) is 6.08 Å². The molecule has 0 saturated carbocycles. The van der Waals surface area contributed by atoms with Gasteiger partial charge in [-0.05, 0) is 36.2 Å². The Morgan fingerprint density at radius 3 is 2.17 bits per heavy atom. The van der Waals surface area contributed by atoms with Crippen molar-refractivity contribution in [3.8, 4) is 11.5 Å². The molecule has 0 aromatic heterocycles. The van der Waals surface area contributed by atoms with Gasteiger partial charge in [-0.3, -0.25) is 4.72 Å². The molecule has 0 spiro atoms. The Labute approximate surface area is 136 Å². The Morgan fingerprint density at radius 1 is 1.04 bits per heavy atom. The van der Waals surface area contributed by atoms with Crippen LogP contribution < -0.4 is 14.2 Å². The highest BCUT2D eigenvalue weighted by Crippen LogP contribution is 2.33. The van der Waals surface area contributed by atoms with Gasteiger partial charge in [0.15, 0.2) is 0 Å². The quantitative estimate of drug-likeness (QED) is 0.879. The van der Waals surface area contributed by atoms with E-state index in [1.54, 1.807) is 30.3 Å². The van der Waals surface area contributed by atoms with Gasteiger partial charge in [0.2, 0.25) is 0 Å². The number of nitrogens with one attached hydrogen (secondary N) is 1. The summed E-state index contributed by atoms with van der Waals surface area (Å²) in [6.45, 7) is 5.50. The van der Waals surface area contributed by atoms with Gasteiger partial charge in [0.25, 0.3) is 10.0 Å². The zero-order valence-electron chi connectivity index (χ0n) is 13.3. The summed E-state index contributed by atoms with van der Waals surface area (Å²) in [5, 5.41) is 0. The number of hydrogen-bond acceptors (Lipinski definition) is 4. The van der Waals surface area contributed by atoms with Crippen LogP contribution in [0.3, 0.4) is 0 Å². The molecule has 0 radical (unpaired) electrons. The first-order valence-electron chi connectivity index (χ1n) is 6.89. The largest absolute Gasteiger partial charge is 0.496 e. The van der Waals surface area contributed by atoms with E-state index in [2.05, 4.69) is 11.3 Å². The van der Waals surface area contributed by atoms with E-state index in [0.29, 0.717) is 17.2 Å². The third-order valence-electron chi connectivity index (χ3n) is 3.39. The Bertz CT molecular complexity index is 811. The highest BCUT2D eigenvalue weighted by atomic mass is 32.2. The minimum atomic E-state index is -3.73. The molecule has 1 N–H and O–H groups in total. The van der Waals surface area contributed by atoms with Crippen molar-refractivity contribution < 1.29 is 17.9 Å². The lowest BCUT2D eigenvalue weighted by Gasteiger charge is -2.15. The van der Waals surface area contributed by atoms with Crippen molar-refractivity contribution in [2.45, 2.75) is 11.8 Å². The van der Waals surface area contributed by atoms with Gasteiger partial charge in [0.1, 0.15) is 11.5 Å². The Morgan fingerprint density at radius 2 is 1.65 bits per heavy atom. The summed E-state index contributed by atoms with van der Waals surface area (Å²) in [7, 11) is -0.716. The van der Waals surface area contributed by atoms with Gasteiger partial charge in [-0.25, -0.2) is 8.42 Å². The lowest BCUT2D eigenvalue weighted by molar-refractivity contribution is 0.402. The average molecular weight is 333 g/mol. The SMILES string of the molecule is C=Cc1ccc(S(=O)(=O)Nc2cc(OC)c(C)cc2OC)cc1. The Hall–Kier alpha value is -2.47. The van der Waals surface area contributed by atoms with Gasteiger partial charge in [-0.2, -0.15) is 0 Å². The van der Waals surface area contributed by atoms with Crippen LogP contribution in [0, 0.1) is 6.92 Å². The summed E-state index contributed by atoms with van der Waals surface area (Å²) >= 11 is 0. The summed E-state index contributed by atoms with van der Waals surface area (Å²) in [5.41, 5.74) is 2.02. The molecule has 2 aromatic rings. The lowest BCUT2D eigenvalue weighted by Crippen LogP contribution is -2.14. The highest BCUT2D eigenvalue weighted by Gasteiger charge is 2.18. The van der Waals surface area contributed by atoms with Gasteiger partial charge in [0.05, 0.1) is 24.8 Å². The first-order chi connectivity index (χ1) is 10.9. The van der Waals surface area contributed by atoms with Crippen LogP contribution in [0.15, 0.2) is 47.9 Å². The molecule has 6 heteroatoms. The van der Waals surface area contributed by atoms with Crippen LogP contribution in [0.1, 0.15) is 11.1 Å². The van der Waals surface area contributed by atoms with Crippen molar-refractivity contribution in [1.82, 2.24) is 0 Å². The van der Waals surface area contributed by atoms with Crippen LogP contribution in [0.4, 0.5) is 5.69 Å². The van der Waals surface area contributed by atoms with Crippen LogP contribution in [-0.2, 0) is 10.0 Å². The van der Waals surface area contributed by atoms with Gasteiger partial charge < -0.3 is 9.47 Å². The molecule has 5 nitrogen and oxygen atoms in total. The summed E-state index contributed by atoms with van der Waals surface area (Å²) in [6.07, 6.45) is 1.65. The van der Waals surface area contributed by atoms with E-state index in [1.807, 2.05) is 6.92 Å². The van der Waals surface area contributed by atoms with Crippen molar-refractivity contribution >= 4 is 21.8 Å². The molecular formula is C17H19NO4S. The van der Waals surface area contributed by atoms with Gasteiger partial charge >= 0.3 is 0 Å². The fourth-order valence-corrected chi connectivity index (χ4v) is 3.18. The number of rotatable bonds is 6. The predicted octanol–water partition coefficient (Wildman–Crippen LogP) is 3.46. The molecule has 0 aliphatic carbocycles. The molecule has 2 rings (SSSR count). The number of benzene rings is 2. The molecular weight excluding hydrogens is 314 g/mol. The number of anilines is 1. The van der Waals surface area contributed by atoms with Crippen molar-refractivity contribution in [2.75, 3.05) is 18.9 Å². The Balaban J connectivity index is 2.41. The first kappa shape index (κ1) is 16.9. The zero-order chi connectivity index (χ0) is 17.0. The maximum Gasteiger partial charge on any atom is 0.262 e. The maximum atomic E-state index is 12.5. The minimum Gasteiger partial charge on any atom is -0.496 e. The molecule has 122 valence electrons. The molecule has 0 saturated heterocycles. The summed E-state index contributed by atoms with van der Waals surface area (Å²) < 4.78 is 38.1. The van der Waals surface area contributed by atoms with Crippen molar-refractivity contribution in [3.05, 3.63) is 54.1 Å². The molecule has 2 aromatic carbocycles. The number of aryl methyl sites for hydroxylation is 1. The molecule has 0 unspecified atom stereocenters. The van der Waals surface area contributed by atoms with Crippen molar-refractivity contribution in [1.29, 1.82) is 0 Å². The van der Waals surface area contributed by atoms with Crippen LogP contribution in [-0.4, -0.2) is 22.6 Å². The van der Waals surface area contributed by atoms with Crippen LogP contribution >= 0.6 is 0 Å². The Kier molecular flexibility index (Phi) is 4.95. The second kappa shape index (κ2) is 6.75. The topological polar surface area (TPSA) is 64.6 Å². The van der Waals surface area contributed by atoms with E-state index in [9.17, 15) is 8.42 Å². The van der Waals surface area contributed by atoms with Crippen molar-refractivity contribution in [3.63, 3.8) is 0 Å². The molecule has 0 fully saturated rings. The third kappa shape index (κ3) is 3.65. The van der Waals surface area contributed by atoms with E-state index in [1.165, 1.54) is 26.4 Å². The molecule has 0 aliphatic heterocycles. The van der Waals surface area contributed by atoms with Gasteiger partial charge in [0, 0.05) is 6.07 Å². The fourth-order valence-electron chi connectivity index (χ4n) is 2.12.